The van der Waals surface area contributed by atoms with E-state index in [1.165, 1.54) is 12.0 Å². The monoisotopic (exact) mass is 284 g/mol. The number of carbonyl (C=O) groups is 1. The van der Waals surface area contributed by atoms with Crippen LogP contribution in [0.15, 0.2) is 34.9 Å². The fourth-order valence-corrected chi connectivity index (χ4v) is 2.99. The van der Waals surface area contributed by atoms with Crippen LogP contribution in [0.4, 0.5) is 0 Å². The lowest BCUT2D eigenvalue weighted by molar-refractivity contribution is -0.118. The molecule has 4 heteroatoms. The topological polar surface area (TPSA) is 56.0 Å². The summed E-state index contributed by atoms with van der Waals surface area (Å²) in [5.41, 5.74) is 1.13. The van der Waals surface area contributed by atoms with Crippen LogP contribution < -0.4 is 0 Å². The number of benzene rings is 1. The van der Waals surface area contributed by atoms with E-state index in [1.807, 2.05) is 25.1 Å². The Bertz CT molecular complexity index is 615. The van der Waals surface area contributed by atoms with Gasteiger partial charge in [0.1, 0.15) is 5.78 Å². The predicted octanol–water partition coefficient (Wildman–Crippen LogP) is 3.45. The molecule has 1 heterocycles. The highest BCUT2D eigenvalue weighted by Gasteiger charge is 2.44. The Morgan fingerprint density at radius 3 is 2.67 bits per heavy atom. The summed E-state index contributed by atoms with van der Waals surface area (Å²) in [6, 6.07) is 10.3. The lowest BCUT2D eigenvalue weighted by atomic mass is 9.64. The number of carbonyl (C=O) groups excluding carboxylic acids is 1. The van der Waals surface area contributed by atoms with Gasteiger partial charge in [0.25, 0.3) is 0 Å². The van der Waals surface area contributed by atoms with Gasteiger partial charge in [-0.25, -0.2) is 0 Å². The third-order valence-electron chi connectivity index (χ3n) is 4.31. The number of Topliss-reactive ketones (excluding diaryl/α,β-unsaturated/α-hetero) is 1. The van der Waals surface area contributed by atoms with Crippen molar-refractivity contribution in [2.24, 2.45) is 0 Å². The molecule has 110 valence electrons. The highest BCUT2D eigenvalue weighted by Crippen LogP contribution is 2.47. The van der Waals surface area contributed by atoms with E-state index in [0.29, 0.717) is 12.3 Å². The molecule has 0 N–H and O–H groups in total. The van der Waals surface area contributed by atoms with Gasteiger partial charge in [0.15, 0.2) is 5.82 Å². The first-order valence-electron chi connectivity index (χ1n) is 7.65. The number of nitrogens with zero attached hydrogens (tertiary/aromatic N) is 2. The van der Waals surface area contributed by atoms with Gasteiger partial charge in [-0.15, -0.1) is 0 Å². The molecule has 0 radical (unpaired) electrons. The fraction of sp³-hybridized carbons (Fsp3) is 0.471. The van der Waals surface area contributed by atoms with Gasteiger partial charge in [0, 0.05) is 6.42 Å². The molecular formula is C17H20N2O2. The average Bonchev–Trinajstić information content (AvgIpc) is 2.87. The minimum absolute atomic E-state index is 0.114. The smallest absolute Gasteiger partial charge is 0.234 e. The third-order valence-corrected chi connectivity index (χ3v) is 4.31. The summed E-state index contributed by atoms with van der Waals surface area (Å²) < 4.78 is 5.30. The van der Waals surface area contributed by atoms with E-state index < -0.39 is 0 Å². The highest BCUT2D eigenvalue weighted by molar-refractivity contribution is 5.79. The molecule has 0 aliphatic heterocycles. The Hall–Kier alpha value is -1.97. The predicted molar refractivity (Wildman–Crippen MR) is 79.0 cm³/mol. The van der Waals surface area contributed by atoms with Crippen molar-refractivity contribution in [3.05, 3.63) is 47.6 Å². The molecule has 1 saturated carbocycles. The zero-order valence-corrected chi connectivity index (χ0v) is 12.3. The normalized spacial score (nSPS) is 16.4. The molecule has 0 atom stereocenters. The standard InChI is InChI=1S/C17H20N2O2/c1-2-7-14(20)12-15-18-16(19-21-15)17(10-6-11-17)13-8-4-3-5-9-13/h3-5,8-9H,2,6-7,10-12H2,1H3. The van der Waals surface area contributed by atoms with Gasteiger partial charge in [-0.3, -0.25) is 4.79 Å². The van der Waals surface area contributed by atoms with Crippen molar-refractivity contribution in [1.29, 1.82) is 0 Å². The van der Waals surface area contributed by atoms with Gasteiger partial charge in [0.05, 0.1) is 11.8 Å². The Kier molecular flexibility index (Phi) is 3.86. The van der Waals surface area contributed by atoms with Crippen LogP contribution in [0.1, 0.15) is 56.3 Å². The van der Waals surface area contributed by atoms with E-state index in [1.54, 1.807) is 0 Å². The number of hydrogen-bond acceptors (Lipinski definition) is 4. The van der Waals surface area contributed by atoms with Crippen LogP contribution in [0, 0.1) is 0 Å². The Labute approximate surface area is 124 Å². The van der Waals surface area contributed by atoms with Crippen molar-refractivity contribution in [2.75, 3.05) is 0 Å². The number of rotatable bonds is 6. The summed E-state index contributed by atoms with van der Waals surface area (Å²) in [5.74, 6) is 1.35. The summed E-state index contributed by atoms with van der Waals surface area (Å²) in [6.45, 7) is 2.00. The van der Waals surface area contributed by atoms with Crippen molar-refractivity contribution in [2.45, 2.75) is 50.9 Å². The summed E-state index contributed by atoms with van der Waals surface area (Å²) in [6.07, 6.45) is 4.94. The van der Waals surface area contributed by atoms with Crippen LogP contribution in [0.3, 0.4) is 0 Å². The van der Waals surface area contributed by atoms with Crippen molar-refractivity contribution in [1.82, 2.24) is 10.1 Å². The molecule has 21 heavy (non-hydrogen) atoms. The first-order valence-corrected chi connectivity index (χ1v) is 7.65. The second-order valence-corrected chi connectivity index (χ2v) is 5.78. The van der Waals surface area contributed by atoms with Crippen LogP contribution in [-0.2, 0) is 16.6 Å². The molecule has 4 nitrogen and oxygen atoms in total. The SMILES string of the molecule is CCCC(=O)Cc1nc(C2(c3ccccc3)CCC2)no1. The summed E-state index contributed by atoms with van der Waals surface area (Å²) >= 11 is 0. The van der Waals surface area contributed by atoms with Gasteiger partial charge in [-0.05, 0) is 24.8 Å². The minimum Gasteiger partial charge on any atom is -0.339 e. The maximum absolute atomic E-state index is 11.7. The first kappa shape index (κ1) is 14.0. The molecule has 0 saturated heterocycles. The fourth-order valence-electron chi connectivity index (χ4n) is 2.99. The number of aromatic nitrogens is 2. The third kappa shape index (κ3) is 2.62. The lowest BCUT2D eigenvalue weighted by Gasteiger charge is -2.39. The molecule has 0 amide bonds. The summed E-state index contributed by atoms with van der Waals surface area (Å²) in [5, 5.41) is 4.16. The average molecular weight is 284 g/mol. The number of ketones is 1. The molecule has 1 aromatic carbocycles. The van der Waals surface area contributed by atoms with Crippen LogP contribution in [-0.4, -0.2) is 15.9 Å². The molecule has 1 aliphatic rings. The zero-order valence-electron chi connectivity index (χ0n) is 12.3. The minimum atomic E-state index is -0.114. The van der Waals surface area contributed by atoms with Crippen LogP contribution in [0.2, 0.25) is 0 Å². The molecule has 3 rings (SSSR count). The quantitative estimate of drug-likeness (QED) is 0.815. The van der Waals surface area contributed by atoms with E-state index in [-0.39, 0.29) is 17.6 Å². The second-order valence-electron chi connectivity index (χ2n) is 5.78. The molecule has 1 fully saturated rings. The molecular weight excluding hydrogens is 264 g/mol. The molecule has 0 unspecified atom stereocenters. The van der Waals surface area contributed by atoms with Gasteiger partial charge in [-0.1, -0.05) is 48.8 Å². The lowest BCUT2D eigenvalue weighted by Crippen LogP contribution is -2.36. The van der Waals surface area contributed by atoms with Gasteiger partial charge < -0.3 is 4.52 Å². The van der Waals surface area contributed by atoms with E-state index in [2.05, 4.69) is 22.3 Å². The van der Waals surface area contributed by atoms with E-state index >= 15 is 0 Å². The second kappa shape index (κ2) is 5.80. The van der Waals surface area contributed by atoms with Gasteiger partial charge in [0.2, 0.25) is 5.89 Å². The van der Waals surface area contributed by atoms with E-state index in [9.17, 15) is 4.79 Å². The zero-order chi connectivity index (χ0) is 14.7. The Morgan fingerprint density at radius 2 is 2.05 bits per heavy atom. The molecule has 0 spiro atoms. The summed E-state index contributed by atoms with van der Waals surface area (Å²) in [4.78, 5) is 16.2. The van der Waals surface area contributed by atoms with Gasteiger partial charge >= 0.3 is 0 Å². The maximum Gasteiger partial charge on any atom is 0.234 e. The largest absolute Gasteiger partial charge is 0.339 e. The van der Waals surface area contributed by atoms with Crippen LogP contribution in [0.25, 0.3) is 0 Å². The van der Waals surface area contributed by atoms with Crippen LogP contribution >= 0.6 is 0 Å². The molecule has 2 aromatic rings. The maximum atomic E-state index is 11.7. The van der Waals surface area contributed by atoms with Crippen molar-refractivity contribution >= 4 is 5.78 Å². The highest BCUT2D eigenvalue weighted by atomic mass is 16.5. The van der Waals surface area contributed by atoms with E-state index in [4.69, 9.17) is 4.52 Å². The number of hydrogen-bond donors (Lipinski definition) is 0. The first-order chi connectivity index (χ1) is 10.2. The molecule has 0 bridgehead atoms. The van der Waals surface area contributed by atoms with E-state index in [0.717, 1.165) is 25.1 Å². The Balaban J connectivity index is 1.83. The molecule has 1 aromatic heterocycles. The van der Waals surface area contributed by atoms with Crippen molar-refractivity contribution < 1.29 is 9.32 Å². The molecule has 1 aliphatic carbocycles. The Morgan fingerprint density at radius 1 is 1.29 bits per heavy atom. The van der Waals surface area contributed by atoms with Gasteiger partial charge in [-0.2, -0.15) is 4.98 Å². The summed E-state index contributed by atoms with van der Waals surface area (Å²) in [7, 11) is 0. The van der Waals surface area contributed by atoms with Crippen molar-refractivity contribution in [3.8, 4) is 0 Å². The van der Waals surface area contributed by atoms with Crippen LogP contribution in [0.5, 0.6) is 0 Å². The van der Waals surface area contributed by atoms with Crippen molar-refractivity contribution in [3.63, 3.8) is 0 Å².